The molecular weight excluding hydrogens is 607 g/mol. The molecule has 0 amide bonds. The van der Waals surface area contributed by atoms with Crippen LogP contribution < -0.4 is 5.32 Å². The molecule has 7 aromatic carbocycles. The van der Waals surface area contributed by atoms with Gasteiger partial charge in [-0.2, -0.15) is 0 Å². The quantitative estimate of drug-likeness (QED) is 0.199. The molecule has 3 heterocycles. The lowest BCUT2D eigenvalue weighted by Gasteiger charge is -2.18. The predicted octanol–water partition coefficient (Wildman–Crippen LogP) is 11.6. The zero-order chi connectivity index (χ0) is 33.0. The van der Waals surface area contributed by atoms with E-state index < -0.39 is 0 Å². The largest absolute Gasteiger partial charge is 0.380 e. The van der Waals surface area contributed by atoms with E-state index in [1.165, 1.54) is 77.1 Å². The Balaban J connectivity index is 1.05. The Morgan fingerprint density at radius 1 is 0.360 bits per heavy atom. The molecule has 0 radical (unpaired) electrons. The van der Waals surface area contributed by atoms with Gasteiger partial charge in [-0.25, -0.2) is 0 Å². The third-order valence-electron chi connectivity index (χ3n) is 10.2. The van der Waals surface area contributed by atoms with Gasteiger partial charge in [0.05, 0.1) is 22.1 Å². The number of nitrogens with zero attached hydrogens (tertiary/aromatic N) is 2. The highest BCUT2D eigenvalue weighted by molar-refractivity contribution is 6.12. The van der Waals surface area contributed by atoms with Crippen LogP contribution in [0.25, 0.3) is 77.4 Å². The molecule has 1 aliphatic heterocycles. The van der Waals surface area contributed by atoms with Crippen molar-refractivity contribution >= 4 is 54.9 Å². The first-order valence-corrected chi connectivity index (χ1v) is 17.2. The summed E-state index contributed by atoms with van der Waals surface area (Å²) in [5.41, 5.74) is 14.5. The van der Waals surface area contributed by atoms with Crippen LogP contribution in [-0.2, 0) is 0 Å². The van der Waals surface area contributed by atoms with Crippen molar-refractivity contribution in [3.05, 3.63) is 193 Å². The molecule has 0 fully saturated rings. The summed E-state index contributed by atoms with van der Waals surface area (Å²) in [7, 11) is 0. The minimum absolute atomic E-state index is 0.814. The second-order valence-corrected chi connectivity index (χ2v) is 13.0. The van der Waals surface area contributed by atoms with Crippen molar-refractivity contribution in [2.75, 3.05) is 6.54 Å². The smallest absolute Gasteiger partial charge is 0.0541 e. The van der Waals surface area contributed by atoms with Gasteiger partial charge in [0.1, 0.15) is 0 Å². The molecule has 0 aliphatic carbocycles. The molecule has 0 unspecified atom stereocenters. The van der Waals surface area contributed by atoms with Crippen LogP contribution in [0.4, 0.5) is 0 Å². The molecule has 236 valence electrons. The minimum Gasteiger partial charge on any atom is -0.380 e. The number of nitrogens with one attached hydrogen (secondary N) is 1. The fourth-order valence-corrected chi connectivity index (χ4v) is 7.77. The molecule has 0 bridgehead atoms. The minimum atomic E-state index is 0.814. The number of aromatic nitrogens is 2. The van der Waals surface area contributed by atoms with Crippen molar-refractivity contribution in [2.24, 2.45) is 0 Å². The van der Waals surface area contributed by atoms with Crippen LogP contribution in [-0.4, -0.2) is 15.7 Å². The Kier molecular flexibility index (Phi) is 6.56. The monoisotopic (exact) mass is 639 g/mol. The van der Waals surface area contributed by atoms with Crippen molar-refractivity contribution in [3.8, 4) is 22.5 Å². The zero-order valence-electron chi connectivity index (χ0n) is 27.4. The molecule has 0 spiro atoms. The van der Waals surface area contributed by atoms with Gasteiger partial charge < -0.3 is 14.5 Å². The molecule has 1 N–H and O–H groups in total. The molecule has 10 rings (SSSR count). The van der Waals surface area contributed by atoms with Crippen LogP contribution in [0, 0.1) is 0 Å². The molecule has 0 saturated heterocycles. The summed E-state index contributed by atoms with van der Waals surface area (Å²) in [6, 6.07) is 61.5. The molecular formula is C47H33N3. The Labute approximate surface area is 290 Å². The van der Waals surface area contributed by atoms with Gasteiger partial charge >= 0.3 is 0 Å². The molecule has 0 saturated carbocycles. The second-order valence-electron chi connectivity index (χ2n) is 13.0. The summed E-state index contributed by atoms with van der Waals surface area (Å²) in [5, 5.41) is 8.67. The number of para-hydroxylation sites is 3. The molecule has 2 aromatic heterocycles. The number of fused-ring (bicyclic) bond motifs is 6. The predicted molar refractivity (Wildman–Crippen MR) is 211 cm³/mol. The lowest BCUT2D eigenvalue weighted by molar-refractivity contribution is 1.01. The number of dihydropyridines is 1. The van der Waals surface area contributed by atoms with Crippen LogP contribution in [0.15, 0.2) is 182 Å². The zero-order valence-corrected chi connectivity index (χ0v) is 27.4. The number of hydrogen-bond acceptors (Lipinski definition) is 1. The van der Waals surface area contributed by atoms with E-state index in [-0.39, 0.29) is 0 Å². The molecule has 9 aromatic rings. The van der Waals surface area contributed by atoms with Crippen molar-refractivity contribution in [3.63, 3.8) is 0 Å². The summed E-state index contributed by atoms with van der Waals surface area (Å²) in [6.45, 7) is 0.814. The van der Waals surface area contributed by atoms with Crippen molar-refractivity contribution in [2.45, 2.75) is 0 Å². The number of benzene rings is 7. The van der Waals surface area contributed by atoms with Crippen molar-refractivity contribution in [1.82, 2.24) is 14.5 Å². The van der Waals surface area contributed by atoms with Gasteiger partial charge in [0.2, 0.25) is 0 Å². The van der Waals surface area contributed by atoms with Gasteiger partial charge in [-0.05, 0) is 94.6 Å². The maximum absolute atomic E-state index is 3.63. The van der Waals surface area contributed by atoms with Gasteiger partial charge in [0.15, 0.2) is 0 Å². The number of hydrogen-bond donors (Lipinski definition) is 1. The average molecular weight is 640 g/mol. The Hall–Kier alpha value is -6.58. The maximum atomic E-state index is 3.63. The summed E-state index contributed by atoms with van der Waals surface area (Å²) in [4.78, 5) is 0. The Morgan fingerprint density at radius 3 is 1.40 bits per heavy atom. The lowest BCUT2D eigenvalue weighted by Crippen LogP contribution is -2.18. The molecule has 3 heteroatoms. The summed E-state index contributed by atoms with van der Waals surface area (Å²) >= 11 is 0. The Morgan fingerprint density at radius 2 is 0.840 bits per heavy atom. The van der Waals surface area contributed by atoms with Gasteiger partial charge in [0.25, 0.3) is 0 Å². The van der Waals surface area contributed by atoms with Crippen molar-refractivity contribution < 1.29 is 0 Å². The highest BCUT2D eigenvalue weighted by Gasteiger charge is 2.16. The standard InChI is InChI=1S/C47H33N3/c1-3-11-32(12-4-1)36-21-26-43(48-31-36)33-19-24-38(25-20-33)50-45-18-10-8-16-40(45)42-30-35(23-28-47(42)50)34-22-27-46-41(29-34)39-15-7-9-17-44(39)49(46)37-13-5-2-6-14-37/h1-30,48H,31H2. The summed E-state index contributed by atoms with van der Waals surface area (Å²) in [5.74, 6) is 0. The van der Waals surface area contributed by atoms with Crippen LogP contribution in [0.2, 0.25) is 0 Å². The first kappa shape index (κ1) is 28.4. The first-order valence-electron chi connectivity index (χ1n) is 17.2. The van der Waals surface area contributed by atoms with Crippen LogP contribution in [0.5, 0.6) is 0 Å². The number of allylic oxidation sites excluding steroid dienone is 2. The van der Waals surface area contributed by atoms with Gasteiger partial charge in [-0.3, -0.25) is 0 Å². The first-order chi connectivity index (χ1) is 24.8. The maximum Gasteiger partial charge on any atom is 0.0541 e. The molecule has 3 nitrogen and oxygen atoms in total. The van der Waals surface area contributed by atoms with Crippen LogP contribution in [0.1, 0.15) is 11.1 Å². The van der Waals surface area contributed by atoms with Crippen molar-refractivity contribution in [1.29, 1.82) is 0 Å². The lowest BCUT2D eigenvalue weighted by atomic mass is 10.0. The fourth-order valence-electron chi connectivity index (χ4n) is 7.77. The van der Waals surface area contributed by atoms with E-state index in [9.17, 15) is 0 Å². The topological polar surface area (TPSA) is 21.9 Å². The van der Waals surface area contributed by atoms with Crippen LogP contribution >= 0.6 is 0 Å². The van der Waals surface area contributed by atoms with E-state index in [0.717, 1.165) is 17.9 Å². The number of rotatable bonds is 5. The van der Waals surface area contributed by atoms with E-state index in [1.54, 1.807) is 0 Å². The van der Waals surface area contributed by atoms with Crippen LogP contribution in [0.3, 0.4) is 0 Å². The van der Waals surface area contributed by atoms with E-state index in [1.807, 2.05) is 0 Å². The Bertz CT molecular complexity index is 2780. The molecule has 1 aliphatic rings. The fraction of sp³-hybridized carbons (Fsp3) is 0.0213. The van der Waals surface area contributed by atoms with E-state index in [4.69, 9.17) is 0 Å². The highest BCUT2D eigenvalue weighted by atomic mass is 15.0. The third-order valence-corrected chi connectivity index (χ3v) is 10.2. The van der Waals surface area contributed by atoms with E-state index in [2.05, 4.69) is 196 Å². The second kappa shape index (κ2) is 11.5. The highest BCUT2D eigenvalue weighted by Crippen LogP contribution is 2.38. The normalized spacial score (nSPS) is 13.1. The average Bonchev–Trinajstić information content (AvgIpc) is 3.71. The van der Waals surface area contributed by atoms with Gasteiger partial charge in [-0.1, -0.05) is 115 Å². The molecule has 50 heavy (non-hydrogen) atoms. The molecule has 0 atom stereocenters. The van der Waals surface area contributed by atoms with Gasteiger partial charge in [-0.15, -0.1) is 0 Å². The van der Waals surface area contributed by atoms with E-state index >= 15 is 0 Å². The summed E-state index contributed by atoms with van der Waals surface area (Å²) in [6.07, 6.45) is 4.43. The third kappa shape index (κ3) is 4.59. The van der Waals surface area contributed by atoms with Gasteiger partial charge in [0, 0.05) is 45.2 Å². The summed E-state index contributed by atoms with van der Waals surface area (Å²) < 4.78 is 4.76. The van der Waals surface area contributed by atoms with E-state index in [0.29, 0.717) is 0 Å². The SMILES string of the molecule is C1=C(c2ccccc2)CNC(c2ccc(-n3c4ccccc4c4cc(-c5ccc6c(c5)c5ccccc5n6-c5ccccc5)ccc43)cc2)=C1.